The Kier molecular flexibility index (Phi) is 7.78. The largest absolute Gasteiger partial charge is 0.445 e. The number of carbonyl (C=O) groups is 2. The maximum absolute atomic E-state index is 13.4. The van der Waals surface area contributed by atoms with Gasteiger partial charge in [0, 0.05) is 0 Å². The van der Waals surface area contributed by atoms with E-state index in [0.29, 0.717) is 0 Å². The third-order valence-corrected chi connectivity index (χ3v) is 5.37. The molecule has 0 radical (unpaired) electrons. The quantitative estimate of drug-likeness (QED) is 0.641. The molecule has 1 aliphatic rings. The van der Waals surface area contributed by atoms with Gasteiger partial charge in [-0.2, -0.15) is 0 Å². The molecule has 0 saturated carbocycles. The maximum atomic E-state index is 13.4. The molecule has 29 heavy (non-hydrogen) atoms. The third-order valence-electron chi connectivity index (χ3n) is 5.37. The van der Waals surface area contributed by atoms with Gasteiger partial charge in [-0.3, -0.25) is 4.79 Å². The van der Waals surface area contributed by atoms with Crippen molar-refractivity contribution in [2.24, 2.45) is 5.92 Å². The van der Waals surface area contributed by atoms with Gasteiger partial charge in [0.15, 0.2) is 5.78 Å². The number of carbonyl (C=O) groups excluding carboxylic acids is 2. The van der Waals surface area contributed by atoms with Crippen LogP contribution < -0.4 is 16.0 Å². The minimum Gasteiger partial charge on any atom is -0.445 e. The molecule has 6 nitrogen and oxygen atoms in total. The summed E-state index contributed by atoms with van der Waals surface area (Å²) in [5, 5.41) is 9.30. The van der Waals surface area contributed by atoms with E-state index in [9.17, 15) is 9.59 Å². The summed E-state index contributed by atoms with van der Waals surface area (Å²) in [5.41, 5.74) is 1.65. The number of hydrogen-bond donors (Lipinski definition) is 3. The van der Waals surface area contributed by atoms with Crippen LogP contribution in [0.5, 0.6) is 0 Å². The fraction of sp³-hybridized carbons (Fsp3) is 0.391. The monoisotopic (exact) mass is 395 g/mol. The van der Waals surface area contributed by atoms with Crippen molar-refractivity contribution in [3.63, 3.8) is 0 Å². The average molecular weight is 396 g/mol. The van der Waals surface area contributed by atoms with Crippen LogP contribution >= 0.6 is 0 Å². The van der Waals surface area contributed by atoms with Crippen LogP contribution in [-0.4, -0.2) is 38.1 Å². The molecule has 0 spiro atoms. The van der Waals surface area contributed by atoms with Gasteiger partial charge in [0.1, 0.15) is 12.6 Å². The van der Waals surface area contributed by atoms with E-state index in [1.54, 1.807) is 7.05 Å². The van der Waals surface area contributed by atoms with E-state index in [-0.39, 0.29) is 24.3 Å². The van der Waals surface area contributed by atoms with Crippen molar-refractivity contribution >= 4 is 11.9 Å². The molecule has 0 aliphatic carbocycles. The zero-order valence-corrected chi connectivity index (χ0v) is 16.8. The van der Waals surface area contributed by atoms with E-state index in [1.807, 2.05) is 60.7 Å². The van der Waals surface area contributed by atoms with Gasteiger partial charge >= 0.3 is 6.09 Å². The first kappa shape index (κ1) is 21.0. The van der Waals surface area contributed by atoms with Crippen molar-refractivity contribution in [1.29, 1.82) is 0 Å². The Morgan fingerprint density at radius 1 is 1.03 bits per heavy atom. The standard InChI is InChI=1S/C23H29N3O3/c1-24-20(19-12-14-25-15-13-19)22(27)21(18-10-6-3-7-11-18)26-23(28)29-16-17-8-4-2-5-9-17/h2-11,19-21,24-25H,12-16H2,1H3,(H,26,28)/t20?,21-/m1/s1. The van der Waals surface area contributed by atoms with E-state index in [0.717, 1.165) is 37.1 Å². The lowest BCUT2D eigenvalue weighted by Gasteiger charge is -2.32. The summed E-state index contributed by atoms with van der Waals surface area (Å²) >= 11 is 0. The fourth-order valence-corrected chi connectivity index (χ4v) is 3.81. The predicted octanol–water partition coefficient (Wildman–Crippen LogP) is 2.81. The van der Waals surface area contributed by atoms with Gasteiger partial charge in [0.25, 0.3) is 0 Å². The van der Waals surface area contributed by atoms with Crippen molar-refractivity contribution < 1.29 is 14.3 Å². The molecular weight excluding hydrogens is 366 g/mol. The minimum absolute atomic E-state index is 0.0396. The first-order valence-electron chi connectivity index (χ1n) is 10.1. The summed E-state index contributed by atoms with van der Waals surface area (Å²) in [7, 11) is 1.81. The summed E-state index contributed by atoms with van der Waals surface area (Å²) in [6, 6.07) is 17.7. The van der Waals surface area contributed by atoms with E-state index in [1.165, 1.54) is 0 Å². The van der Waals surface area contributed by atoms with Crippen LogP contribution in [0.2, 0.25) is 0 Å². The number of benzene rings is 2. The Balaban J connectivity index is 1.71. The highest BCUT2D eigenvalue weighted by Gasteiger charge is 2.34. The van der Waals surface area contributed by atoms with Crippen molar-refractivity contribution in [2.75, 3.05) is 20.1 Å². The van der Waals surface area contributed by atoms with Crippen LogP contribution in [0.15, 0.2) is 60.7 Å². The maximum Gasteiger partial charge on any atom is 0.408 e. The topological polar surface area (TPSA) is 79.5 Å². The summed E-state index contributed by atoms with van der Waals surface area (Å²) in [6.07, 6.45) is 1.25. The molecule has 2 aromatic carbocycles. The molecule has 1 fully saturated rings. The molecular formula is C23H29N3O3. The number of hydrogen-bond acceptors (Lipinski definition) is 5. The molecule has 6 heteroatoms. The Labute approximate surface area is 172 Å². The molecule has 2 atom stereocenters. The number of piperidine rings is 1. The van der Waals surface area contributed by atoms with Gasteiger partial charge < -0.3 is 20.7 Å². The number of ketones is 1. The molecule has 0 aromatic heterocycles. The molecule has 2 aromatic rings. The normalized spacial score (nSPS) is 16.6. The number of nitrogens with one attached hydrogen (secondary N) is 3. The zero-order valence-electron chi connectivity index (χ0n) is 16.8. The smallest absolute Gasteiger partial charge is 0.408 e. The fourth-order valence-electron chi connectivity index (χ4n) is 3.81. The Bertz CT molecular complexity index is 776. The van der Waals surface area contributed by atoms with Gasteiger partial charge in [-0.05, 0) is 50.0 Å². The molecule has 154 valence electrons. The van der Waals surface area contributed by atoms with E-state index in [2.05, 4.69) is 16.0 Å². The van der Waals surface area contributed by atoms with Crippen LogP contribution in [-0.2, 0) is 16.1 Å². The second-order valence-electron chi connectivity index (χ2n) is 7.31. The van der Waals surface area contributed by atoms with Gasteiger partial charge in [-0.25, -0.2) is 4.79 Å². The Morgan fingerprint density at radius 2 is 1.66 bits per heavy atom. The number of amides is 1. The Hall–Kier alpha value is -2.70. The van der Waals surface area contributed by atoms with Gasteiger partial charge in [0.05, 0.1) is 6.04 Å². The van der Waals surface area contributed by atoms with Crippen molar-refractivity contribution in [2.45, 2.75) is 31.5 Å². The highest BCUT2D eigenvalue weighted by Crippen LogP contribution is 2.23. The molecule has 1 amide bonds. The first-order valence-corrected chi connectivity index (χ1v) is 10.1. The first-order chi connectivity index (χ1) is 14.2. The van der Waals surface area contributed by atoms with Crippen LogP contribution in [0, 0.1) is 5.92 Å². The number of alkyl carbamates (subject to hydrolysis) is 1. The molecule has 3 N–H and O–H groups in total. The van der Waals surface area contributed by atoms with Crippen molar-refractivity contribution in [1.82, 2.24) is 16.0 Å². The average Bonchev–Trinajstić information content (AvgIpc) is 2.78. The molecule has 1 aliphatic heterocycles. The molecule has 1 saturated heterocycles. The lowest BCUT2D eigenvalue weighted by molar-refractivity contribution is -0.124. The van der Waals surface area contributed by atoms with Crippen molar-refractivity contribution in [3.05, 3.63) is 71.8 Å². The van der Waals surface area contributed by atoms with E-state index >= 15 is 0 Å². The highest BCUT2D eigenvalue weighted by atomic mass is 16.5. The molecule has 3 rings (SSSR count). The molecule has 1 unspecified atom stereocenters. The van der Waals surface area contributed by atoms with Gasteiger partial charge in [-0.15, -0.1) is 0 Å². The number of rotatable bonds is 8. The summed E-state index contributed by atoms with van der Waals surface area (Å²) in [4.78, 5) is 25.9. The predicted molar refractivity (Wildman–Crippen MR) is 112 cm³/mol. The SMILES string of the molecule is CNC(C(=O)[C@H](NC(=O)OCc1ccccc1)c1ccccc1)C1CCNCC1. The van der Waals surface area contributed by atoms with E-state index in [4.69, 9.17) is 4.74 Å². The van der Waals surface area contributed by atoms with Crippen LogP contribution in [0.1, 0.15) is 30.0 Å². The summed E-state index contributed by atoms with van der Waals surface area (Å²) in [5.74, 6) is 0.198. The van der Waals surface area contributed by atoms with E-state index < -0.39 is 12.1 Å². The second kappa shape index (κ2) is 10.7. The number of ether oxygens (including phenoxy) is 1. The van der Waals surface area contributed by atoms with Gasteiger partial charge in [-0.1, -0.05) is 60.7 Å². The molecule has 1 heterocycles. The van der Waals surface area contributed by atoms with Crippen molar-refractivity contribution in [3.8, 4) is 0 Å². The third kappa shape index (κ3) is 5.89. The Morgan fingerprint density at radius 3 is 2.28 bits per heavy atom. The van der Waals surface area contributed by atoms with Crippen LogP contribution in [0.25, 0.3) is 0 Å². The number of likely N-dealkylation sites (N-methyl/N-ethyl adjacent to an activating group) is 1. The van der Waals surface area contributed by atoms with Gasteiger partial charge in [0.2, 0.25) is 0 Å². The highest BCUT2D eigenvalue weighted by molar-refractivity contribution is 5.92. The van der Waals surface area contributed by atoms with Crippen LogP contribution in [0.4, 0.5) is 4.79 Å². The number of Topliss-reactive ketones (excluding diaryl/α,β-unsaturated/α-hetero) is 1. The molecule has 0 bridgehead atoms. The zero-order chi connectivity index (χ0) is 20.5. The summed E-state index contributed by atoms with van der Waals surface area (Å²) < 4.78 is 5.36. The lowest BCUT2D eigenvalue weighted by atomic mass is 9.84. The minimum atomic E-state index is -0.758. The summed E-state index contributed by atoms with van der Waals surface area (Å²) in [6.45, 7) is 1.96. The second-order valence-corrected chi connectivity index (χ2v) is 7.31. The lowest BCUT2D eigenvalue weighted by Crippen LogP contribution is -2.50. The van der Waals surface area contributed by atoms with Crippen LogP contribution in [0.3, 0.4) is 0 Å².